The highest BCUT2D eigenvalue weighted by atomic mass is 35.5. The summed E-state index contributed by atoms with van der Waals surface area (Å²) in [4.78, 5) is 24.4. The van der Waals surface area contributed by atoms with Gasteiger partial charge in [-0.2, -0.15) is 4.79 Å². The van der Waals surface area contributed by atoms with E-state index in [0.29, 0.717) is 23.2 Å². The standard InChI is InChI=1S/C25H27ClN5O2/c1-25(2,3)33-24(32)31(4)15-16-9-11-17(12-10-16)29-23-28-14-20(26)22(30-23)19-13-27-21-8-6-5-7-18(19)21/h5-9,11-14,16,27H,4,10,15H2,1-3H3,(H,28,29,30)/q+1. The SMILES string of the molecule is C=[N+](CC1C=CC(Nc2ncc(Cl)c(-c3c[nH]c4ccccc34)n2)=CC1)C(=O)OC(C)(C)C. The lowest BCUT2D eigenvalue weighted by atomic mass is 9.99. The highest BCUT2D eigenvalue weighted by Crippen LogP contribution is 2.32. The van der Waals surface area contributed by atoms with E-state index in [1.54, 1.807) is 6.20 Å². The Labute approximate surface area is 197 Å². The number of aromatic amines is 1. The quantitative estimate of drug-likeness (QED) is 0.368. The van der Waals surface area contributed by atoms with Gasteiger partial charge in [0, 0.05) is 34.3 Å². The number of fused-ring (bicyclic) bond motifs is 1. The number of benzene rings is 1. The number of hydrogen-bond acceptors (Lipinski definition) is 5. The number of anilines is 1. The van der Waals surface area contributed by atoms with Crippen LogP contribution in [0.1, 0.15) is 27.2 Å². The maximum Gasteiger partial charge on any atom is 0.596 e. The van der Waals surface area contributed by atoms with Crippen molar-refractivity contribution >= 4 is 41.3 Å². The summed E-state index contributed by atoms with van der Waals surface area (Å²) in [6.07, 6.45) is 9.88. The van der Waals surface area contributed by atoms with Crippen LogP contribution in [0.5, 0.6) is 0 Å². The molecule has 33 heavy (non-hydrogen) atoms. The lowest BCUT2D eigenvalue weighted by molar-refractivity contribution is -0.448. The number of hydrogen-bond donors (Lipinski definition) is 2. The van der Waals surface area contributed by atoms with Crippen molar-refractivity contribution in [1.29, 1.82) is 0 Å². The maximum atomic E-state index is 12.1. The summed E-state index contributed by atoms with van der Waals surface area (Å²) >= 11 is 6.42. The Morgan fingerprint density at radius 2 is 2.15 bits per heavy atom. The smallest absolute Gasteiger partial charge is 0.406 e. The van der Waals surface area contributed by atoms with Crippen LogP contribution in [0.15, 0.2) is 60.6 Å². The van der Waals surface area contributed by atoms with Crippen molar-refractivity contribution in [2.24, 2.45) is 5.92 Å². The fraction of sp³-hybridized carbons (Fsp3) is 0.280. The normalized spacial score (nSPS) is 15.9. The number of carbonyl (C=O) groups is 1. The van der Waals surface area contributed by atoms with Crippen LogP contribution in [-0.4, -0.2) is 44.5 Å². The van der Waals surface area contributed by atoms with Crippen LogP contribution in [0.3, 0.4) is 0 Å². The second kappa shape index (κ2) is 9.19. The summed E-state index contributed by atoms with van der Waals surface area (Å²) in [6, 6.07) is 8.00. The molecule has 0 fully saturated rings. The average molecular weight is 465 g/mol. The first-order valence-electron chi connectivity index (χ1n) is 10.7. The molecule has 1 aromatic carbocycles. The van der Waals surface area contributed by atoms with Gasteiger partial charge in [0.15, 0.2) is 6.54 Å². The molecule has 0 spiro atoms. The van der Waals surface area contributed by atoms with Gasteiger partial charge in [-0.3, -0.25) is 0 Å². The van der Waals surface area contributed by atoms with Crippen molar-refractivity contribution in [3.05, 3.63) is 65.6 Å². The Kier molecular flexibility index (Phi) is 6.33. The summed E-state index contributed by atoms with van der Waals surface area (Å²) in [6.45, 7) is 9.80. The Hall–Kier alpha value is -3.45. The molecule has 2 N–H and O–H groups in total. The molecule has 3 aromatic rings. The predicted octanol–water partition coefficient (Wildman–Crippen LogP) is 5.80. The molecule has 1 atom stereocenters. The van der Waals surface area contributed by atoms with Crippen LogP contribution in [0.2, 0.25) is 5.02 Å². The first kappa shape index (κ1) is 22.7. The largest absolute Gasteiger partial charge is 0.596 e. The first-order valence-corrected chi connectivity index (χ1v) is 11.1. The molecule has 0 saturated carbocycles. The molecule has 2 aromatic heterocycles. The van der Waals surface area contributed by atoms with Crippen LogP contribution >= 0.6 is 11.6 Å². The molecule has 8 heteroatoms. The number of carbonyl (C=O) groups excluding carboxylic acids is 1. The van der Waals surface area contributed by atoms with Gasteiger partial charge in [-0.25, -0.2) is 9.97 Å². The van der Waals surface area contributed by atoms with Crippen molar-refractivity contribution < 1.29 is 14.1 Å². The lowest BCUT2D eigenvalue weighted by Gasteiger charge is -2.18. The molecule has 2 heterocycles. The molecule has 170 valence electrons. The second-order valence-corrected chi connectivity index (χ2v) is 9.39. The van der Waals surface area contributed by atoms with Crippen LogP contribution < -0.4 is 5.32 Å². The number of nitrogens with zero attached hydrogens (tertiary/aromatic N) is 3. The third kappa shape index (κ3) is 5.49. The van der Waals surface area contributed by atoms with Gasteiger partial charge in [0.2, 0.25) is 5.95 Å². The number of nitrogens with one attached hydrogen (secondary N) is 2. The first-order chi connectivity index (χ1) is 15.7. The fourth-order valence-electron chi connectivity index (χ4n) is 3.59. The summed E-state index contributed by atoms with van der Waals surface area (Å²) in [5, 5.41) is 4.78. The van der Waals surface area contributed by atoms with E-state index in [2.05, 4.69) is 33.1 Å². The molecule has 1 aliphatic carbocycles. The molecule has 1 unspecified atom stereocenters. The summed E-state index contributed by atoms with van der Waals surface area (Å²) in [5.41, 5.74) is 2.94. The second-order valence-electron chi connectivity index (χ2n) is 8.98. The zero-order valence-corrected chi connectivity index (χ0v) is 19.7. The van der Waals surface area contributed by atoms with Gasteiger partial charge in [-0.1, -0.05) is 42.0 Å². The number of ether oxygens (including phenoxy) is 1. The topological polar surface area (TPSA) is 82.9 Å². The number of aromatic nitrogens is 3. The lowest BCUT2D eigenvalue weighted by Crippen LogP contribution is -2.32. The van der Waals surface area contributed by atoms with Gasteiger partial charge >= 0.3 is 6.09 Å². The summed E-state index contributed by atoms with van der Waals surface area (Å²) in [7, 11) is 0. The van der Waals surface area contributed by atoms with Gasteiger partial charge in [-0.05, 0) is 39.3 Å². The number of H-pyrrole nitrogens is 1. The third-order valence-corrected chi connectivity index (χ3v) is 5.42. The summed E-state index contributed by atoms with van der Waals surface area (Å²) in [5.74, 6) is 0.607. The highest BCUT2D eigenvalue weighted by Gasteiger charge is 2.27. The minimum Gasteiger partial charge on any atom is -0.406 e. The molecule has 0 bridgehead atoms. The molecular formula is C25H27ClN5O2+. The Bertz CT molecular complexity index is 1270. The van der Waals surface area contributed by atoms with Gasteiger partial charge in [-0.15, -0.1) is 4.58 Å². The Balaban J connectivity index is 1.42. The van der Waals surface area contributed by atoms with Crippen molar-refractivity contribution in [3.63, 3.8) is 0 Å². The minimum absolute atomic E-state index is 0.147. The predicted molar refractivity (Wildman–Crippen MR) is 132 cm³/mol. The van der Waals surface area contributed by atoms with Crippen LogP contribution in [-0.2, 0) is 4.74 Å². The number of halogens is 1. The molecule has 0 saturated heterocycles. The number of para-hydroxylation sites is 1. The van der Waals surface area contributed by atoms with Crippen molar-refractivity contribution in [3.8, 4) is 11.3 Å². The molecule has 1 amide bonds. The van der Waals surface area contributed by atoms with E-state index in [0.717, 1.165) is 28.6 Å². The van der Waals surface area contributed by atoms with E-state index in [4.69, 9.17) is 16.3 Å². The highest BCUT2D eigenvalue weighted by molar-refractivity contribution is 6.33. The zero-order chi connectivity index (χ0) is 23.6. The Morgan fingerprint density at radius 3 is 2.88 bits per heavy atom. The Morgan fingerprint density at radius 1 is 1.36 bits per heavy atom. The molecule has 0 aliphatic heterocycles. The zero-order valence-electron chi connectivity index (χ0n) is 18.9. The third-order valence-electron chi connectivity index (χ3n) is 5.14. The molecule has 7 nitrogen and oxygen atoms in total. The minimum atomic E-state index is -0.545. The van der Waals surface area contributed by atoms with Gasteiger partial charge in [0.05, 0.1) is 16.9 Å². The van der Waals surface area contributed by atoms with E-state index >= 15 is 0 Å². The van der Waals surface area contributed by atoms with Crippen molar-refractivity contribution in [2.45, 2.75) is 32.8 Å². The molecular weight excluding hydrogens is 438 g/mol. The van der Waals surface area contributed by atoms with Crippen molar-refractivity contribution in [1.82, 2.24) is 15.0 Å². The number of amides is 1. The van der Waals surface area contributed by atoms with Crippen LogP contribution in [0.25, 0.3) is 22.2 Å². The molecule has 0 radical (unpaired) electrons. The fourth-order valence-corrected chi connectivity index (χ4v) is 3.78. The van der Waals surface area contributed by atoms with E-state index in [-0.39, 0.29) is 5.92 Å². The maximum absolute atomic E-state index is 12.1. The van der Waals surface area contributed by atoms with Crippen molar-refractivity contribution in [2.75, 3.05) is 11.9 Å². The van der Waals surface area contributed by atoms with E-state index in [9.17, 15) is 4.79 Å². The van der Waals surface area contributed by atoms with E-state index < -0.39 is 11.7 Å². The van der Waals surface area contributed by atoms with E-state index in [1.165, 1.54) is 4.58 Å². The summed E-state index contributed by atoms with van der Waals surface area (Å²) < 4.78 is 6.73. The van der Waals surface area contributed by atoms with Crippen LogP contribution in [0.4, 0.5) is 10.7 Å². The molecule has 1 aliphatic rings. The average Bonchev–Trinajstić information content (AvgIpc) is 3.19. The molecule has 4 rings (SSSR count). The monoisotopic (exact) mass is 464 g/mol. The number of allylic oxidation sites excluding steroid dienone is 2. The van der Waals surface area contributed by atoms with Gasteiger partial charge in [0.1, 0.15) is 12.3 Å². The van der Waals surface area contributed by atoms with Crippen LogP contribution in [0, 0.1) is 5.92 Å². The number of rotatable bonds is 5. The van der Waals surface area contributed by atoms with Gasteiger partial charge < -0.3 is 15.0 Å². The van der Waals surface area contributed by atoms with Gasteiger partial charge in [0.25, 0.3) is 0 Å². The van der Waals surface area contributed by atoms with E-state index in [1.807, 2.05) is 63.4 Å².